The lowest BCUT2D eigenvalue weighted by Gasteiger charge is -2.25. The van der Waals surface area contributed by atoms with Crippen molar-refractivity contribution in [1.29, 1.82) is 0 Å². The van der Waals surface area contributed by atoms with Crippen LogP contribution in [0.4, 0.5) is 0 Å². The average molecular weight is 392 g/mol. The van der Waals surface area contributed by atoms with Gasteiger partial charge in [0.1, 0.15) is 12.4 Å². The Morgan fingerprint density at radius 3 is 2.55 bits per heavy atom. The minimum absolute atomic E-state index is 0.0276. The Balaban J connectivity index is 1.36. The Morgan fingerprint density at radius 1 is 1.07 bits per heavy atom. The van der Waals surface area contributed by atoms with Gasteiger partial charge in [0.15, 0.2) is 0 Å². The molecule has 1 saturated heterocycles. The third kappa shape index (κ3) is 4.61. The Labute approximate surface area is 172 Å². The largest absolute Gasteiger partial charge is 0.491 e. The van der Waals surface area contributed by atoms with Crippen molar-refractivity contribution < 1.29 is 14.3 Å². The number of amides is 2. The van der Waals surface area contributed by atoms with Gasteiger partial charge in [0, 0.05) is 23.7 Å². The molecule has 29 heavy (non-hydrogen) atoms. The molecule has 0 aromatic heterocycles. The summed E-state index contributed by atoms with van der Waals surface area (Å²) in [5, 5.41) is 2.98. The first-order valence-corrected chi connectivity index (χ1v) is 10.4. The average Bonchev–Trinajstić information content (AvgIpc) is 3.41. The minimum atomic E-state index is -0.0276. The first kappa shape index (κ1) is 19.5. The van der Waals surface area contributed by atoms with Crippen LogP contribution in [0.5, 0.6) is 5.75 Å². The van der Waals surface area contributed by atoms with Crippen molar-refractivity contribution in [2.45, 2.75) is 51.6 Å². The molecular formula is C24H28N2O3. The van der Waals surface area contributed by atoms with Gasteiger partial charge in [-0.1, -0.05) is 17.7 Å². The molecule has 152 valence electrons. The van der Waals surface area contributed by atoms with Crippen molar-refractivity contribution in [2.75, 3.05) is 13.2 Å². The number of nitrogens with one attached hydrogen (secondary N) is 1. The van der Waals surface area contributed by atoms with E-state index in [0.717, 1.165) is 54.7 Å². The molecule has 0 bridgehead atoms. The molecule has 1 N–H and O–H groups in total. The number of carbonyl (C=O) groups excluding carboxylic acids is 2. The van der Waals surface area contributed by atoms with Crippen LogP contribution in [-0.4, -0.2) is 41.9 Å². The molecule has 1 aliphatic heterocycles. The van der Waals surface area contributed by atoms with E-state index in [-0.39, 0.29) is 17.9 Å². The van der Waals surface area contributed by atoms with Gasteiger partial charge in [-0.25, -0.2) is 0 Å². The van der Waals surface area contributed by atoms with Crippen LogP contribution in [0.3, 0.4) is 0 Å². The van der Waals surface area contributed by atoms with Crippen LogP contribution in [0.25, 0.3) is 0 Å². The summed E-state index contributed by atoms with van der Waals surface area (Å²) < 4.78 is 5.96. The molecule has 1 saturated carbocycles. The number of hydrogen-bond donors (Lipinski definition) is 1. The molecule has 2 aromatic carbocycles. The summed E-state index contributed by atoms with van der Waals surface area (Å²) >= 11 is 0. The Kier molecular flexibility index (Phi) is 5.56. The first-order valence-electron chi connectivity index (χ1n) is 10.4. The van der Waals surface area contributed by atoms with Crippen LogP contribution in [0.15, 0.2) is 42.5 Å². The van der Waals surface area contributed by atoms with E-state index < -0.39 is 0 Å². The highest BCUT2D eigenvalue weighted by molar-refractivity contribution is 5.96. The highest BCUT2D eigenvalue weighted by Crippen LogP contribution is 2.24. The topological polar surface area (TPSA) is 58.6 Å². The van der Waals surface area contributed by atoms with Crippen molar-refractivity contribution >= 4 is 11.8 Å². The second-order valence-electron chi connectivity index (χ2n) is 8.20. The normalized spacial score (nSPS) is 18.6. The molecule has 0 radical (unpaired) electrons. The summed E-state index contributed by atoms with van der Waals surface area (Å²) in [6, 6.07) is 13.7. The van der Waals surface area contributed by atoms with Crippen LogP contribution < -0.4 is 10.1 Å². The van der Waals surface area contributed by atoms with Crippen molar-refractivity contribution in [1.82, 2.24) is 10.2 Å². The fourth-order valence-electron chi connectivity index (χ4n) is 3.79. The Bertz CT molecular complexity index is 903. The standard InChI is InChI=1S/C24H28N2O3/c1-16-5-6-17(2)22(14-16)24(28)26-13-3-4-20(26)15-29-21-11-7-18(8-12-21)23(27)25-19-9-10-19/h5-8,11-12,14,19-20H,3-4,9-10,13,15H2,1-2H3,(H,25,27)/t20-/m1/s1. The monoisotopic (exact) mass is 392 g/mol. The molecule has 1 heterocycles. The Hall–Kier alpha value is -2.82. The highest BCUT2D eigenvalue weighted by atomic mass is 16.5. The van der Waals surface area contributed by atoms with E-state index in [1.54, 1.807) is 12.1 Å². The van der Waals surface area contributed by atoms with E-state index in [4.69, 9.17) is 4.74 Å². The summed E-state index contributed by atoms with van der Waals surface area (Å²) in [7, 11) is 0. The summed E-state index contributed by atoms with van der Waals surface area (Å²) in [6.45, 7) is 5.22. The highest BCUT2D eigenvalue weighted by Gasteiger charge is 2.30. The summed E-state index contributed by atoms with van der Waals surface area (Å²) in [6.07, 6.45) is 4.08. The minimum Gasteiger partial charge on any atom is -0.491 e. The summed E-state index contributed by atoms with van der Waals surface area (Å²) in [5.74, 6) is 0.781. The number of ether oxygens (including phenoxy) is 1. The third-order valence-electron chi connectivity index (χ3n) is 5.73. The lowest BCUT2D eigenvalue weighted by atomic mass is 10.0. The fourth-order valence-corrected chi connectivity index (χ4v) is 3.79. The zero-order valence-electron chi connectivity index (χ0n) is 17.1. The van der Waals surface area contributed by atoms with E-state index >= 15 is 0 Å². The fraction of sp³-hybridized carbons (Fsp3) is 0.417. The van der Waals surface area contributed by atoms with E-state index in [9.17, 15) is 9.59 Å². The number of likely N-dealkylation sites (tertiary alicyclic amines) is 1. The van der Waals surface area contributed by atoms with Crippen molar-refractivity contribution in [3.05, 3.63) is 64.7 Å². The van der Waals surface area contributed by atoms with Gasteiger partial charge in [0.05, 0.1) is 6.04 Å². The third-order valence-corrected chi connectivity index (χ3v) is 5.73. The van der Waals surface area contributed by atoms with Gasteiger partial charge >= 0.3 is 0 Å². The molecule has 1 atom stereocenters. The molecule has 0 unspecified atom stereocenters. The van der Waals surface area contributed by atoms with Gasteiger partial charge in [0.2, 0.25) is 0 Å². The summed E-state index contributed by atoms with van der Waals surface area (Å²) in [5.41, 5.74) is 3.53. The second kappa shape index (κ2) is 8.27. The predicted molar refractivity (Wildman–Crippen MR) is 112 cm³/mol. The lowest BCUT2D eigenvalue weighted by molar-refractivity contribution is 0.0690. The van der Waals surface area contributed by atoms with Crippen LogP contribution >= 0.6 is 0 Å². The number of carbonyl (C=O) groups is 2. The van der Waals surface area contributed by atoms with Gasteiger partial charge in [-0.05, 0) is 75.4 Å². The SMILES string of the molecule is Cc1ccc(C)c(C(=O)N2CCC[C@@H]2COc2ccc(C(=O)NC3CC3)cc2)c1. The van der Waals surface area contributed by atoms with Crippen molar-refractivity contribution in [3.63, 3.8) is 0 Å². The number of hydrogen-bond acceptors (Lipinski definition) is 3. The molecule has 2 aromatic rings. The van der Waals surface area contributed by atoms with Crippen molar-refractivity contribution in [3.8, 4) is 5.75 Å². The maximum Gasteiger partial charge on any atom is 0.254 e. The number of benzene rings is 2. The molecule has 5 nitrogen and oxygen atoms in total. The van der Waals surface area contributed by atoms with E-state index in [2.05, 4.69) is 5.32 Å². The van der Waals surface area contributed by atoms with Crippen LogP contribution in [0.2, 0.25) is 0 Å². The predicted octanol–water partition coefficient (Wildman–Crippen LogP) is 3.88. The molecule has 1 aliphatic carbocycles. The van der Waals surface area contributed by atoms with E-state index in [1.807, 2.05) is 49.1 Å². The maximum absolute atomic E-state index is 13.1. The second-order valence-corrected chi connectivity index (χ2v) is 8.20. The number of aryl methyl sites for hydroxylation is 2. The number of nitrogens with zero attached hydrogens (tertiary/aromatic N) is 1. The van der Waals surface area contributed by atoms with Gasteiger partial charge in [-0.3, -0.25) is 9.59 Å². The van der Waals surface area contributed by atoms with Crippen LogP contribution in [-0.2, 0) is 0 Å². The zero-order valence-corrected chi connectivity index (χ0v) is 17.1. The first-order chi connectivity index (χ1) is 14.0. The molecule has 4 rings (SSSR count). The van der Waals surface area contributed by atoms with Gasteiger partial charge in [-0.2, -0.15) is 0 Å². The number of rotatable bonds is 6. The maximum atomic E-state index is 13.1. The molecule has 2 fully saturated rings. The molecule has 2 amide bonds. The van der Waals surface area contributed by atoms with Crippen LogP contribution in [0, 0.1) is 13.8 Å². The smallest absolute Gasteiger partial charge is 0.254 e. The van der Waals surface area contributed by atoms with Gasteiger partial charge in [-0.15, -0.1) is 0 Å². The van der Waals surface area contributed by atoms with Gasteiger partial charge < -0.3 is 15.0 Å². The van der Waals surface area contributed by atoms with Crippen molar-refractivity contribution in [2.24, 2.45) is 0 Å². The molecular weight excluding hydrogens is 364 g/mol. The zero-order chi connectivity index (χ0) is 20.4. The quantitative estimate of drug-likeness (QED) is 0.812. The van der Waals surface area contributed by atoms with Crippen LogP contribution in [0.1, 0.15) is 57.5 Å². The van der Waals surface area contributed by atoms with E-state index in [0.29, 0.717) is 18.2 Å². The van der Waals surface area contributed by atoms with Gasteiger partial charge in [0.25, 0.3) is 11.8 Å². The van der Waals surface area contributed by atoms with E-state index in [1.165, 1.54) is 0 Å². The molecule has 5 heteroatoms. The summed E-state index contributed by atoms with van der Waals surface area (Å²) in [4.78, 5) is 27.1. The molecule has 0 spiro atoms. The molecule has 2 aliphatic rings. The lowest BCUT2D eigenvalue weighted by Crippen LogP contribution is -2.39. The Morgan fingerprint density at radius 2 is 1.83 bits per heavy atom.